The molecular formula is C37H43N3O5. The maximum Gasteiger partial charge on any atom is 0.321 e. The van der Waals surface area contributed by atoms with E-state index in [-0.39, 0.29) is 29.7 Å². The fourth-order valence-electron chi connectivity index (χ4n) is 7.24. The van der Waals surface area contributed by atoms with Crippen LogP contribution < -0.4 is 10.2 Å². The fraction of sp³-hybridized carbons (Fsp3) is 0.432. The van der Waals surface area contributed by atoms with E-state index < -0.39 is 5.41 Å². The summed E-state index contributed by atoms with van der Waals surface area (Å²) in [5, 5.41) is 3.24. The second kappa shape index (κ2) is 13.9. The number of carbonyl (C=O) groups excluding carboxylic acids is 3. The van der Waals surface area contributed by atoms with Gasteiger partial charge in [0.1, 0.15) is 5.41 Å². The number of para-hydroxylation sites is 1. The number of likely N-dealkylation sites (tertiary alicyclic amines) is 1. The number of hydrogen-bond donors (Lipinski definition) is 1. The van der Waals surface area contributed by atoms with Gasteiger partial charge < -0.3 is 24.6 Å². The Kier molecular flexibility index (Phi) is 9.50. The van der Waals surface area contributed by atoms with Gasteiger partial charge in [-0.05, 0) is 60.9 Å². The number of piperidine rings is 1. The van der Waals surface area contributed by atoms with Crippen LogP contribution in [0.25, 0.3) is 0 Å². The van der Waals surface area contributed by atoms with E-state index in [4.69, 9.17) is 9.47 Å². The van der Waals surface area contributed by atoms with Crippen LogP contribution in [0.2, 0.25) is 0 Å². The van der Waals surface area contributed by atoms with Crippen LogP contribution in [0.5, 0.6) is 0 Å². The highest BCUT2D eigenvalue weighted by Crippen LogP contribution is 2.48. The van der Waals surface area contributed by atoms with Gasteiger partial charge >= 0.3 is 5.97 Å². The van der Waals surface area contributed by atoms with Crippen molar-refractivity contribution in [3.8, 4) is 0 Å². The van der Waals surface area contributed by atoms with Crippen LogP contribution in [0.15, 0.2) is 78.9 Å². The highest BCUT2D eigenvalue weighted by Gasteiger charge is 2.50. The van der Waals surface area contributed by atoms with Crippen molar-refractivity contribution in [2.45, 2.75) is 56.4 Å². The molecule has 2 fully saturated rings. The zero-order valence-electron chi connectivity index (χ0n) is 26.1. The Morgan fingerprint density at radius 1 is 0.867 bits per heavy atom. The third kappa shape index (κ3) is 6.21. The lowest BCUT2D eigenvalue weighted by Gasteiger charge is -2.42. The van der Waals surface area contributed by atoms with E-state index in [0.29, 0.717) is 64.2 Å². The van der Waals surface area contributed by atoms with Gasteiger partial charge in [-0.2, -0.15) is 0 Å². The van der Waals surface area contributed by atoms with Crippen molar-refractivity contribution in [3.63, 3.8) is 0 Å². The number of ether oxygens (including phenoxy) is 2. The number of rotatable bonds is 8. The summed E-state index contributed by atoms with van der Waals surface area (Å²) in [6.45, 7) is 6.36. The van der Waals surface area contributed by atoms with Crippen molar-refractivity contribution < 1.29 is 23.9 Å². The lowest BCUT2D eigenvalue weighted by molar-refractivity contribution is -0.150. The Morgan fingerprint density at radius 3 is 2.31 bits per heavy atom. The largest absolute Gasteiger partial charge is 0.465 e. The minimum Gasteiger partial charge on any atom is -0.465 e. The molecule has 1 N–H and O–H groups in total. The zero-order chi connectivity index (χ0) is 31.2. The van der Waals surface area contributed by atoms with Gasteiger partial charge in [-0.15, -0.1) is 0 Å². The van der Waals surface area contributed by atoms with Crippen molar-refractivity contribution in [3.05, 3.63) is 101 Å². The van der Waals surface area contributed by atoms with Crippen LogP contribution in [0.4, 0.5) is 5.69 Å². The van der Waals surface area contributed by atoms with Crippen molar-refractivity contribution in [2.75, 3.05) is 50.9 Å². The first-order chi connectivity index (χ1) is 22.0. The van der Waals surface area contributed by atoms with Crippen LogP contribution in [-0.2, 0) is 24.5 Å². The molecule has 0 spiro atoms. The van der Waals surface area contributed by atoms with Crippen molar-refractivity contribution in [1.29, 1.82) is 0 Å². The Hall–Kier alpha value is -4.17. The van der Waals surface area contributed by atoms with Gasteiger partial charge in [-0.3, -0.25) is 14.4 Å². The van der Waals surface area contributed by atoms with Crippen LogP contribution in [-0.4, -0.2) is 74.7 Å². The molecule has 8 heteroatoms. The molecule has 8 nitrogen and oxygen atoms in total. The Morgan fingerprint density at radius 2 is 1.56 bits per heavy atom. The summed E-state index contributed by atoms with van der Waals surface area (Å²) in [7, 11) is 0. The standard InChI is InChI=1S/C37H43N3O5/c1-2-24-45-36(43)37(27-10-4-3-5-11-27)19-16-30(29-12-6-8-14-32(29)37)35(42)40-20-17-28(18-21-40)38-34(41)31-13-7-9-15-33(31)39-22-25-44-26-23-39/h3-15,28,30H,2,16-26H2,1H3,(H,38,41)/t30-,37?/m1/s1. The molecular weight excluding hydrogens is 566 g/mol. The second-order valence-corrected chi connectivity index (χ2v) is 12.3. The summed E-state index contributed by atoms with van der Waals surface area (Å²) < 4.78 is 11.3. The quantitative estimate of drug-likeness (QED) is 0.360. The number of anilines is 1. The minimum atomic E-state index is -0.946. The highest BCUT2D eigenvalue weighted by molar-refractivity contribution is 6.00. The minimum absolute atomic E-state index is 0.00277. The molecule has 2 amide bonds. The third-order valence-electron chi connectivity index (χ3n) is 9.60. The predicted octanol–water partition coefficient (Wildman–Crippen LogP) is 5.06. The van der Waals surface area contributed by atoms with E-state index in [0.717, 1.165) is 41.9 Å². The van der Waals surface area contributed by atoms with E-state index >= 15 is 0 Å². The first kappa shape index (κ1) is 30.8. The number of esters is 1. The van der Waals surface area contributed by atoms with Gasteiger partial charge in [0.25, 0.3) is 5.91 Å². The van der Waals surface area contributed by atoms with Crippen LogP contribution in [0, 0.1) is 0 Å². The van der Waals surface area contributed by atoms with Crippen molar-refractivity contribution in [2.24, 2.45) is 0 Å². The lowest BCUT2D eigenvalue weighted by atomic mass is 9.63. The predicted molar refractivity (Wildman–Crippen MR) is 173 cm³/mol. The van der Waals surface area contributed by atoms with E-state index in [1.54, 1.807) is 0 Å². The number of nitrogens with zero attached hydrogens (tertiary/aromatic N) is 2. The van der Waals surface area contributed by atoms with Gasteiger partial charge in [-0.25, -0.2) is 0 Å². The Balaban J connectivity index is 1.15. The summed E-state index contributed by atoms with van der Waals surface area (Å²) in [6, 6.07) is 25.5. The van der Waals surface area contributed by atoms with Crippen molar-refractivity contribution >= 4 is 23.5 Å². The number of amides is 2. The third-order valence-corrected chi connectivity index (χ3v) is 9.60. The van der Waals surface area contributed by atoms with E-state index in [1.807, 2.05) is 90.7 Å². The summed E-state index contributed by atoms with van der Waals surface area (Å²) in [4.78, 5) is 45.4. The highest BCUT2D eigenvalue weighted by atomic mass is 16.5. The molecule has 0 radical (unpaired) electrons. The van der Waals surface area contributed by atoms with E-state index in [9.17, 15) is 14.4 Å². The van der Waals surface area contributed by atoms with E-state index in [2.05, 4.69) is 10.2 Å². The van der Waals surface area contributed by atoms with Crippen LogP contribution >= 0.6 is 0 Å². The molecule has 2 aliphatic heterocycles. The number of hydrogen-bond acceptors (Lipinski definition) is 6. The maximum absolute atomic E-state index is 14.1. The molecule has 45 heavy (non-hydrogen) atoms. The number of morpholine rings is 1. The normalized spacial score (nSPS) is 21.9. The maximum atomic E-state index is 14.1. The molecule has 0 bridgehead atoms. The molecule has 6 rings (SSSR count). The molecule has 236 valence electrons. The van der Waals surface area contributed by atoms with Gasteiger partial charge in [0.2, 0.25) is 5.91 Å². The monoisotopic (exact) mass is 609 g/mol. The van der Waals surface area contributed by atoms with Crippen LogP contribution in [0.1, 0.15) is 72.0 Å². The second-order valence-electron chi connectivity index (χ2n) is 12.3. The summed E-state index contributed by atoms with van der Waals surface area (Å²) in [6.07, 6.45) is 3.20. The molecule has 2 saturated heterocycles. The first-order valence-electron chi connectivity index (χ1n) is 16.4. The molecule has 3 aliphatic rings. The van der Waals surface area contributed by atoms with Crippen molar-refractivity contribution in [1.82, 2.24) is 10.2 Å². The van der Waals surface area contributed by atoms with Gasteiger partial charge in [-0.1, -0.05) is 73.7 Å². The topological polar surface area (TPSA) is 88.2 Å². The van der Waals surface area contributed by atoms with E-state index in [1.165, 1.54) is 0 Å². The molecule has 2 atom stereocenters. The molecule has 3 aromatic rings. The van der Waals surface area contributed by atoms with Gasteiger partial charge in [0.05, 0.1) is 31.3 Å². The number of carbonyl (C=O) groups is 3. The molecule has 3 aromatic carbocycles. The smallest absolute Gasteiger partial charge is 0.321 e. The summed E-state index contributed by atoms with van der Waals surface area (Å²) in [5.74, 6) is -0.562. The molecule has 0 aromatic heterocycles. The van der Waals surface area contributed by atoms with Crippen LogP contribution in [0.3, 0.4) is 0 Å². The summed E-state index contributed by atoms with van der Waals surface area (Å²) in [5.41, 5.74) is 3.34. The lowest BCUT2D eigenvalue weighted by Crippen LogP contribution is -2.49. The number of benzene rings is 3. The fourth-order valence-corrected chi connectivity index (χ4v) is 7.24. The number of fused-ring (bicyclic) bond motifs is 1. The molecule has 2 heterocycles. The average Bonchev–Trinajstić information content (AvgIpc) is 3.11. The zero-order valence-corrected chi connectivity index (χ0v) is 26.1. The SMILES string of the molecule is CCCOC(=O)C1(c2ccccc2)CC[C@@H](C(=O)N2CCC(NC(=O)c3ccccc3N3CCOCC3)CC2)c2ccccc21. The molecule has 0 saturated carbocycles. The first-order valence-corrected chi connectivity index (χ1v) is 16.4. The van der Waals surface area contributed by atoms with Gasteiger partial charge in [0.15, 0.2) is 0 Å². The average molecular weight is 610 g/mol. The molecule has 1 aliphatic carbocycles. The Labute approximate surface area is 265 Å². The Bertz CT molecular complexity index is 1500. The summed E-state index contributed by atoms with van der Waals surface area (Å²) >= 11 is 0. The number of nitrogens with one attached hydrogen (secondary N) is 1. The van der Waals surface area contributed by atoms with Gasteiger partial charge in [0, 0.05) is 37.9 Å². The molecule has 1 unspecified atom stereocenters.